The quantitative estimate of drug-likeness (QED) is 0.369. The molecule has 2 fully saturated rings. The summed E-state index contributed by atoms with van der Waals surface area (Å²) in [6.45, 7) is 4.00. The van der Waals surface area contributed by atoms with E-state index in [1.165, 1.54) is 41.3 Å². The van der Waals surface area contributed by atoms with Crippen LogP contribution >= 0.6 is 11.6 Å². The first-order valence-electron chi connectivity index (χ1n) is 13.9. The summed E-state index contributed by atoms with van der Waals surface area (Å²) in [4.78, 5) is 36.6. The van der Waals surface area contributed by atoms with Gasteiger partial charge in [-0.2, -0.15) is 5.26 Å². The minimum atomic E-state index is -0.632. The van der Waals surface area contributed by atoms with Crippen LogP contribution in [-0.4, -0.2) is 65.5 Å². The Balaban J connectivity index is 1.32. The normalized spacial score (nSPS) is 18.9. The predicted octanol–water partition coefficient (Wildman–Crippen LogP) is 5.62. The summed E-state index contributed by atoms with van der Waals surface area (Å²) >= 11 is 5.94. The second-order valence-corrected chi connectivity index (χ2v) is 10.9. The van der Waals surface area contributed by atoms with Crippen molar-refractivity contribution in [2.24, 2.45) is 5.92 Å². The molecule has 2 amide bonds. The van der Waals surface area contributed by atoms with Crippen molar-refractivity contribution >= 4 is 29.3 Å². The van der Waals surface area contributed by atoms with Gasteiger partial charge in [0.05, 0.1) is 22.9 Å². The van der Waals surface area contributed by atoms with Gasteiger partial charge in [0.1, 0.15) is 29.1 Å². The third-order valence-corrected chi connectivity index (χ3v) is 8.35. The molecule has 11 heteroatoms. The molecule has 42 heavy (non-hydrogen) atoms. The minimum Gasteiger partial charge on any atom is -0.410 e. The number of anilines is 1. The lowest BCUT2D eigenvalue weighted by Gasteiger charge is -2.34. The summed E-state index contributed by atoms with van der Waals surface area (Å²) < 4.78 is 33.4. The molecule has 1 aromatic heterocycles. The lowest BCUT2D eigenvalue weighted by atomic mass is 9.93. The van der Waals surface area contributed by atoms with Crippen LogP contribution in [0, 0.1) is 28.9 Å². The molecule has 0 aliphatic carbocycles. The number of hydrogen-bond acceptors (Lipinski definition) is 6. The molecule has 2 saturated heterocycles. The van der Waals surface area contributed by atoms with E-state index < -0.39 is 23.8 Å². The maximum atomic E-state index is 14.5. The molecule has 0 bridgehead atoms. The number of aromatic nitrogens is 1. The molecule has 2 aromatic carbocycles. The largest absolute Gasteiger partial charge is 0.415 e. The Morgan fingerprint density at radius 2 is 1.83 bits per heavy atom. The van der Waals surface area contributed by atoms with Crippen LogP contribution < -0.4 is 9.64 Å². The fourth-order valence-corrected chi connectivity index (χ4v) is 5.91. The maximum Gasteiger partial charge on any atom is 0.415 e. The van der Waals surface area contributed by atoms with Crippen molar-refractivity contribution in [3.8, 4) is 11.8 Å². The molecular formula is C31H30ClF2N5O3. The zero-order chi connectivity index (χ0) is 29.8. The summed E-state index contributed by atoms with van der Waals surface area (Å²) in [6.07, 6.45) is 2.33. The third-order valence-electron chi connectivity index (χ3n) is 8.04. The first-order valence-corrected chi connectivity index (χ1v) is 14.2. The molecular weight excluding hydrogens is 564 g/mol. The number of rotatable bonds is 6. The third kappa shape index (κ3) is 6.31. The lowest BCUT2D eigenvalue weighted by molar-refractivity contribution is -0.135. The number of nitriles is 1. The topological polar surface area (TPSA) is 89.8 Å². The second kappa shape index (κ2) is 12.7. The van der Waals surface area contributed by atoms with Crippen molar-refractivity contribution in [2.45, 2.75) is 31.7 Å². The van der Waals surface area contributed by atoms with E-state index in [0.717, 1.165) is 5.69 Å². The van der Waals surface area contributed by atoms with E-state index in [1.807, 2.05) is 19.1 Å². The summed E-state index contributed by atoms with van der Waals surface area (Å²) in [6, 6.07) is 14.8. The molecule has 3 heterocycles. The van der Waals surface area contributed by atoms with E-state index in [2.05, 4.69) is 9.88 Å². The van der Waals surface area contributed by atoms with E-state index in [0.29, 0.717) is 43.7 Å². The molecule has 218 valence electrons. The molecule has 2 atom stereocenters. The molecule has 0 radical (unpaired) electrons. The van der Waals surface area contributed by atoms with Gasteiger partial charge >= 0.3 is 6.09 Å². The predicted molar refractivity (Wildman–Crippen MR) is 153 cm³/mol. The first-order chi connectivity index (χ1) is 20.3. The van der Waals surface area contributed by atoms with Crippen LogP contribution in [0.2, 0.25) is 5.02 Å². The van der Waals surface area contributed by atoms with E-state index in [4.69, 9.17) is 21.6 Å². The van der Waals surface area contributed by atoms with Gasteiger partial charge in [0.25, 0.3) is 0 Å². The molecule has 3 aromatic rings. The van der Waals surface area contributed by atoms with Crippen molar-refractivity contribution in [1.29, 1.82) is 5.26 Å². The van der Waals surface area contributed by atoms with Crippen LogP contribution in [0.25, 0.3) is 0 Å². The Kier molecular flexibility index (Phi) is 8.88. The van der Waals surface area contributed by atoms with Gasteiger partial charge in [0, 0.05) is 44.6 Å². The molecule has 0 N–H and O–H groups in total. The monoisotopic (exact) mass is 593 g/mol. The molecule has 2 aliphatic rings. The molecule has 5 rings (SSSR count). The van der Waals surface area contributed by atoms with Crippen molar-refractivity contribution in [3.63, 3.8) is 0 Å². The highest BCUT2D eigenvalue weighted by Gasteiger charge is 2.43. The second-order valence-electron chi connectivity index (χ2n) is 10.5. The summed E-state index contributed by atoms with van der Waals surface area (Å²) in [5.41, 5.74) is 1.89. The number of amides is 2. The number of likely N-dealkylation sites (tertiary alicyclic amines) is 1. The average molecular weight is 594 g/mol. The number of nitrogens with zero attached hydrogens (tertiary/aromatic N) is 5. The van der Waals surface area contributed by atoms with Crippen LogP contribution in [0.15, 0.2) is 60.8 Å². The van der Waals surface area contributed by atoms with Gasteiger partial charge in [-0.15, -0.1) is 0 Å². The molecule has 2 unspecified atom stereocenters. The highest BCUT2D eigenvalue weighted by molar-refractivity contribution is 6.30. The molecule has 0 spiro atoms. The minimum absolute atomic E-state index is 0.00232. The summed E-state index contributed by atoms with van der Waals surface area (Å²) in [5, 5.41) is 8.99. The smallest absolute Gasteiger partial charge is 0.410 e. The van der Waals surface area contributed by atoms with Gasteiger partial charge in [-0.05, 0) is 73.9 Å². The number of carbonyl (C=O) groups is 2. The number of piperidine rings is 1. The molecule has 8 nitrogen and oxygen atoms in total. The van der Waals surface area contributed by atoms with Crippen LogP contribution in [0.4, 0.5) is 19.3 Å². The van der Waals surface area contributed by atoms with Gasteiger partial charge in [-0.1, -0.05) is 17.7 Å². The first kappa shape index (κ1) is 29.3. The van der Waals surface area contributed by atoms with Gasteiger partial charge < -0.3 is 19.4 Å². The van der Waals surface area contributed by atoms with Crippen molar-refractivity contribution in [3.05, 3.63) is 88.7 Å². The summed E-state index contributed by atoms with van der Waals surface area (Å²) in [7, 11) is 0. The van der Waals surface area contributed by atoms with Crippen LogP contribution in [0.5, 0.6) is 5.75 Å². The van der Waals surface area contributed by atoms with Crippen molar-refractivity contribution in [2.75, 3.05) is 37.6 Å². The Morgan fingerprint density at radius 1 is 1.10 bits per heavy atom. The van der Waals surface area contributed by atoms with E-state index in [-0.39, 0.29) is 41.6 Å². The van der Waals surface area contributed by atoms with Gasteiger partial charge in [-0.25, -0.2) is 18.6 Å². The Labute approximate surface area is 248 Å². The SMILES string of the molecule is CCN(C(=O)Oc1ccc(F)cc1)C1CN(C(=O)C2CCN(c3ccc(C#N)nc3)CC2)CC1c1ccc(Cl)c(F)c1. The van der Waals surface area contributed by atoms with Crippen LogP contribution in [0.1, 0.15) is 36.9 Å². The molecule has 0 saturated carbocycles. The zero-order valence-corrected chi connectivity index (χ0v) is 23.8. The zero-order valence-electron chi connectivity index (χ0n) is 23.1. The van der Waals surface area contributed by atoms with Crippen molar-refractivity contribution in [1.82, 2.24) is 14.8 Å². The number of likely N-dealkylation sites (N-methyl/N-ethyl adjacent to an activating group) is 1. The fourth-order valence-electron chi connectivity index (χ4n) is 5.80. The van der Waals surface area contributed by atoms with Crippen LogP contribution in [0.3, 0.4) is 0 Å². The highest BCUT2D eigenvalue weighted by Crippen LogP contribution is 2.35. The molecule has 2 aliphatic heterocycles. The maximum absolute atomic E-state index is 14.5. The van der Waals surface area contributed by atoms with Gasteiger partial charge in [-0.3, -0.25) is 4.79 Å². The number of pyridine rings is 1. The Hall–Kier alpha value is -4.23. The Bertz CT molecular complexity index is 1470. The number of halogens is 3. The number of ether oxygens (including phenoxy) is 1. The number of hydrogen-bond donors (Lipinski definition) is 0. The summed E-state index contributed by atoms with van der Waals surface area (Å²) in [5.74, 6) is -1.39. The number of benzene rings is 2. The fraction of sp³-hybridized carbons (Fsp3) is 0.355. The van der Waals surface area contributed by atoms with Crippen LogP contribution in [-0.2, 0) is 4.79 Å². The van der Waals surface area contributed by atoms with Gasteiger partial charge in [0.2, 0.25) is 5.91 Å². The lowest BCUT2D eigenvalue weighted by Crippen LogP contribution is -2.47. The van der Waals surface area contributed by atoms with E-state index in [9.17, 15) is 18.4 Å². The standard InChI is InChI=1S/C31H30ClF2N5O3/c1-2-39(31(41)42-25-8-4-22(33)5-9-25)29-19-38(18-26(29)21-3-10-27(32)28(34)15-21)30(40)20-11-13-37(14-12-20)24-7-6-23(16-35)36-17-24/h3-10,15,17,20,26,29H,2,11-14,18-19H2,1H3. The van der Waals surface area contributed by atoms with Crippen molar-refractivity contribution < 1.29 is 23.1 Å². The Morgan fingerprint density at radius 3 is 2.45 bits per heavy atom. The average Bonchev–Trinajstić information content (AvgIpc) is 3.45. The number of carbonyl (C=O) groups excluding carboxylic acids is 2. The highest BCUT2D eigenvalue weighted by atomic mass is 35.5. The van der Waals surface area contributed by atoms with Gasteiger partial charge in [0.15, 0.2) is 0 Å². The van der Waals surface area contributed by atoms with E-state index in [1.54, 1.807) is 23.2 Å². The van der Waals surface area contributed by atoms with E-state index >= 15 is 0 Å².